The largest absolute Gasteiger partial charge is 0.423 e. The zero-order valence-electron chi connectivity index (χ0n) is 19.6. The van der Waals surface area contributed by atoms with Crippen LogP contribution in [0.25, 0.3) is 10.8 Å². The van der Waals surface area contributed by atoms with E-state index in [2.05, 4.69) is 24.0 Å². The van der Waals surface area contributed by atoms with Crippen molar-refractivity contribution in [2.75, 3.05) is 0 Å². The van der Waals surface area contributed by atoms with Crippen molar-refractivity contribution >= 4 is 16.7 Å². The Kier molecular flexibility index (Phi) is 7.92. The molecule has 0 amide bonds. The average molecular weight is 477 g/mol. The minimum atomic E-state index is -0.999. The molecule has 2 nitrogen and oxygen atoms in total. The lowest BCUT2D eigenvalue weighted by atomic mass is 9.80. The number of ether oxygens (including phenoxy) is 1. The molecule has 0 spiro atoms. The van der Waals surface area contributed by atoms with Crippen molar-refractivity contribution in [3.05, 3.63) is 89.3 Å². The Hall–Kier alpha value is -3.52. The van der Waals surface area contributed by atoms with Crippen molar-refractivity contribution in [2.45, 2.75) is 45.4 Å². The van der Waals surface area contributed by atoms with Gasteiger partial charge in [0, 0.05) is 11.5 Å². The predicted octanol–water partition coefficient (Wildman–Crippen LogP) is 7.99. The number of hydrogen-bond acceptors (Lipinski definition) is 2. The second kappa shape index (κ2) is 11.3. The van der Waals surface area contributed by atoms with E-state index in [1.165, 1.54) is 49.6 Å². The average Bonchev–Trinajstić information content (AvgIpc) is 2.84. The van der Waals surface area contributed by atoms with Gasteiger partial charge < -0.3 is 4.74 Å². The molecule has 0 heterocycles. The van der Waals surface area contributed by atoms with Gasteiger partial charge in [-0.1, -0.05) is 30.1 Å². The smallest absolute Gasteiger partial charge is 0.346 e. The lowest BCUT2D eigenvalue weighted by Gasteiger charge is -2.25. The highest BCUT2D eigenvalue weighted by atomic mass is 19.2. The second-order valence-electron chi connectivity index (χ2n) is 8.99. The van der Waals surface area contributed by atoms with Crippen LogP contribution in [0.1, 0.15) is 61.4 Å². The normalized spacial score (nSPS) is 17.8. The van der Waals surface area contributed by atoms with Crippen molar-refractivity contribution in [1.29, 1.82) is 0 Å². The van der Waals surface area contributed by atoms with E-state index in [4.69, 9.17) is 4.74 Å². The highest BCUT2D eigenvalue weighted by Gasteiger charge is 2.19. The molecule has 0 N–H and O–H groups in total. The van der Waals surface area contributed by atoms with Crippen LogP contribution in [0.5, 0.6) is 5.75 Å². The minimum absolute atomic E-state index is 0.109. The minimum Gasteiger partial charge on any atom is -0.423 e. The molecule has 1 saturated carbocycles. The van der Waals surface area contributed by atoms with Gasteiger partial charge in [-0.15, -0.1) is 0 Å². The Morgan fingerprint density at radius 2 is 1.69 bits per heavy atom. The lowest BCUT2D eigenvalue weighted by molar-refractivity contribution is 0.0730. The maximum atomic E-state index is 14.7. The number of fused-ring (bicyclic) bond motifs is 1. The van der Waals surface area contributed by atoms with Crippen molar-refractivity contribution in [3.8, 4) is 17.6 Å². The van der Waals surface area contributed by atoms with Crippen LogP contribution < -0.4 is 4.74 Å². The van der Waals surface area contributed by atoms with Gasteiger partial charge in [-0.2, -0.15) is 0 Å². The summed E-state index contributed by atoms with van der Waals surface area (Å²) in [5.74, 6) is 3.94. The number of halogens is 3. The van der Waals surface area contributed by atoms with Crippen molar-refractivity contribution < 1.29 is 22.7 Å². The molecule has 0 aromatic heterocycles. The summed E-state index contributed by atoms with van der Waals surface area (Å²) in [5.41, 5.74) is 0.292. The summed E-state index contributed by atoms with van der Waals surface area (Å²) in [6.07, 6.45) is 11.1. The molecule has 4 rings (SSSR count). The van der Waals surface area contributed by atoms with Crippen LogP contribution in [0.3, 0.4) is 0 Å². The molecule has 0 atom stereocenters. The molecule has 35 heavy (non-hydrogen) atoms. The lowest BCUT2D eigenvalue weighted by Crippen LogP contribution is -2.13. The van der Waals surface area contributed by atoms with Crippen LogP contribution in [-0.4, -0.2) is 5.97 Å². The Morgan fingerprint density at radius 3 is 2.40 bits per heavy atom. The molecule has 180 valence electrons. The van der Waals surface area contributed by atoms with E-state index in [1.807, 2.05) is 6.92 Å². The summed E-state index contributed by atoms with van der Waals surface area (Å²) >= 11 is 0. The molecule has 0 radical (unpaired) electrons. The van der Waals surface area contributed by atoms with Gasteiger partial charge in [-0.25, -0.2) is 18.0 Å². The van der Waals surface area contributed by atoms with Gasteiger partial charge in [0.2, 0.25) is 0 Å². The third-order valence-electron chi connectivity index (χ3n) is 6.50. The van der Waals surface area contributed by atoms with Gasteiger partial charge in [0.05, 0.1) is 5.56 Å². The molecule has 5 heteroatoms. The van der Waals surface area contributed by atoms with Crippen LogP contribution in [0.4, 0.5) is 13.2 Å². The molecule has 0 aliphatic heterocycles. The molecule has 1 fully saturated rings. The van der Waals surface area contributed by atoms with Crippen LogP contribution in [0.2, 0.25) is 0 Å². The van der Waals surface area contributed by atoms with E-state index in [9.17, 15) is 18.0 Å². The summed E-state index contributed by atoms with van der Waals surface area (Å²) in [5, 5.41) is 0.826. The van der Waals surface area contributed by atoms with Gasteiger partial charge in [0.25, 0.3) is 0 Å². The van der Waals surface area contributed by atoms with Crippen LogP contribution >= 0.6 is 0 Å². The summed E-state index contributed by atoms with van der Waals surface area (Å²) in [7, 11) is 0. The highest BCUT2D eigenvalue weighted by molar-refractivity contribution is 5.92. The van der Waals surface area contributed by atoms with Gasteiger partial charge >= 0.3 is 5.97 Å². The first-order chi connectivity index (χ1) is 16.9. The van der Waals surface area contributed by atoms with E-state index < -0.39 is 23.4 Å². The highest BCUT2D eigenvalue weighted by Crippen LogP contribution is 2.31. The number of carbonyl (C=O) groups excluding carboxylic acids is 1. The Morgan fingerprint density at radius 1 is 0.943 bits per heavy atom. The second-order valence-corrected chi connectivity index (χ2v) is 8.99. The molecule has 3 aromatic rings. The fourth-order valence-electron chi connectivity index (χ4n) is 4.48. The number of carbonyl (C=O) groups is 1. The summed E-state index contributed by atoms with van der Waals surface area (Å²) in [6.45, 7) is 2.04. The van der Waals surface area contributed by atoms with Crippen LogP contribution in [0.15, 0.2) is 60.7 Å². The SMILES string of the molecule is C/C=C/CCC1CCC(C#Cc2ccc(C(=O)Oc3ccc4cc(F)c(F)cc4c3)c(F)c2)CC1. The summed E-state index contributed by atoms with van der Waals surface area (Å²) < 4.78 is 46.8. The Bertz CT molecular complexity index is 1310. The maximum absolute atomic E-state index is 14.7. The Balaban J connectivity index is 1.38. The van der Waals surface area contributed by atoms with Gasteiger partial charge in [-0.3, -0.25) is 0 Å². The van der Waals surface area contributed by atoms with Gasteiger partial charge in [0.15, 0.2) is 11.6 Å². The first-order valence-electron chi connectivity index (χ1n) is 12.0. The number of allylic oxidation sites excluding steroid dienone is 2. The van der Waals surface area contributed by atoms with E-state index in [0.717, 1.165) is 37.3 Å². The number of hydrogen-bond donors (Lipinski definition) is 0. The molecular weight excluding hydrogens is 449 g/mol. The number of rotatable bonds is 5. The monoisotopic (exact) mass is 476 g/mol. The fourth-order valence-corrected chi connectivity index (χ4v) is 4.48. The Labute approximate surface area is 203 Å². The molecular formula is C30H27F3O2. The van der Waals surface area contributed by atoms with E-state index in [1.54, 1.807) is 6.07 Å². The first-order valence-corrected chi connectivity index (χ1v) is 12.0. The van der Waals surface area contributed by atoms with E-state index in [-0.39, 0.29) is 11.3 Å². The maximum Gasteiger partial charge on any atom is 0.346 e. The zero-order valence-corrected chi connectivity index (χ0v) is 19.6. The molecule has 1 aliphatic carbocycles. The zero-order chi connectivity index (χ0) is 24.8. The van der Waals surface area contributed by atoms with E-state index in [0.29, 0.717) is 22.3 Å². The first kappa shape index (κ1) is 24.6. The van der Waals surface area contributed by atoms with Crippen molar-refractivity contribution in [3.63, 3.8) is 0 Å². The molecule has 1 aliphatic rings. The van der Waals surface area contributed by atoms with Gasteiger partial charge in [0.1, 0.15) is 11.6 Å². The summed E-state index contributed by atoms with van der Waals surface area (Å²) in [4.78, 5) is 12.5. The predicted molar refractivity (Wildman–Crippen MR) is 132 cm³/mol. The molecule has 3 aromatic carbocycles. The quantitative estimate of drug-likeness (QED) is 0.161. The number of esters is 1. The standard InChI is InChI=1S/C30H27F3O2/c1-2-3-4-5-20-6-8-21(9-7-20)10-11-22-12-15-26(27(31)16-22)30(34)35-25-14-13-23-18-28(32)29(33)19-24(23)17-25/h2-3,12-21H,4-9H2,1H3/b3-2+. The molecule has 0 unspecified atom stereocenters. The van der Waals surface area contributed by atoms with E-state index >= 15 is 0 Å². The summed E-state index contributed by atoms with van der Waals surface area (Å²) in [6, 6.07) is 10.6. The van der Waals surface area contributed by atoms with Crippen LogP contribution in [0, 0.1) is 41.1 Å². The topological polar surface area (TPSA) is 26.3 Å². The fraction of sp³-hybridized carbons (Fsp3) is 0.300. The van der Waals surface area contributed by atoms with Gasteiger partial charge in [-0.05, 0) is 105 Å². The molecule has 0 bridgehead atoms. The third-order valence-corrected chi connectivity index (χ3v) is 6.50. The van der Waals surface area contributed by atoms with Crippen LogP contribution in [-0.2, 0) is 0 Å². The number of benzene rings is 3. The van der Waals surface area contributed by atoms with Crippen molar-refractivity contribution in [1.82, 2.24) is 0 Å². The molecule has 0 saturated heterocycles. The van der Waals surface area contributed by atoms with Crippen molar-refractivity contribution in [2.24, 2.45) is 11.8 Å². The third kappa shape index (κ3) is 6.33.